The summed E-state index contributed by atoms with van der Waals surface area (Å²) in [5, 5.41) is 9.58. The van der Waals surface area contributed by atoms with Crippen molar-refractivity contribution in [1.29, 1.82) is 0 Å². The molecule has 1 aromatic heterocycles. The number of aliphatic hydroxyl groups excluding tert-OH is 1. The first kappa shape index (κ1) is 17.7. The second-order valence-electron chi connectivity index (χ2n) is 7.68. The zero-order valence-corrected chi connectivity index (χ0v) is 15.1. The summed E-state index contributed by atoms with van der Waals surface area (Å²) in [6.07, 6.45) is 0.994. The Kier molecular flexibility index (Phi) is 4.99. The number of amides is 1. The van der Waals surface area contributed by atoms with Gasteiger partial charge in [-0.1, -0.05) is 26.8 Å². The Hall–Kier alpha value is -1.62. The van der Waals surface area contributed by atoms with Gasteiger partial charge in [0, 0.05) is 31.4 Å². The standard InChI is InChI=1S/C18H29N3O2/c1-12-10-20(11-13(2)21(12)17(23)14(3)22)16-8-7-15(9-19-16)18(4,5)6/h7-9,12-14,22H,10-11H2,1-6H3/t12-,13+,14?. The van der Waals surface area contributed by atoms with Crippen molar-refractivity contribution in [2.45, 2.75) is 65.1 Å². The quantitative estimate of drug-likeness (QED) is 0.908. The predicted octanol–water partition coefficient (Wildman–Crippen LogP) is 2.19. The van der Waals surface area contributed by atoms with E-state index in [-0.39, 0.29) is 23.4 Å². The van der Waals surface area contributed by atoms with Gasteiger partial charge in [-0.15, -0.1) is 0 Å². The largest absolute Gasteiger partial charge is 0.384 e. The molecule has 1 aliphatic rings. The molecule has 128 valence electrons. The first-order valence-electron chi connectivity index (χ1n) is 8.33. The van der Waals surface area contributed by atoms with Crippen LogP contribution in [0.1, 0.15) is 47.1 Å². The first-order valence-corrected chi connectivity index (χ1v) is 8.33. The van der Waals surface area contributed by atoms with Crippen LogP contribution in [-0.2, 0) is 10.2 Å². The molecular formula is C18H29N3O2. The van der Waals surface area contributed by atoms with Gasteiger partial charge in [-0.25, -0.2) is 4.98 Å². The molecule has 1 N–H and O–H groups in total. The summed E-state index contributed by atoms with van der Waals surface area (Å²) in [6.45, 7) is 13.5. The van der Waals surface area contributed by atoms with E-state index in [0.717, 1.165) is 18.9 Å². The Morgan fingerprint density at radius 1 is 1.26 bits per heavy atom. The van der Waals surface area contributed by atoms with Gasteiger partial charge in [0.05, 0.1) is 0 Å². The number of carbonyl (C=O) groups excluding carboxylic acids is 1. The van der Waals surface area contributed by atoms with E-state index < -0.39 is 6.10 Å². The second-order valence-corrected chi connectivity index (χ2v) is 7.68. The summed E-state index contributed by atoms with van der Waals surface area (Å²) in [6, 6.07) is 4.28. The fourth-order valence-electron chi connectivity index (χ4n) is 3.18. The highest BCUT2D eigenvalue weighted by molar-refractivity contribution is 5.81. The van der Waals surface area contributed by atoms with Gasteiger partial charge in [0.25, 0.3) is 5.91 Å². The highest BCUT2D eigenvalue weighted by Gasteiger charge is 2.34. The van der Waals surface area contributed by atoms with Crippen LogP contribution in [0.15, 0.2) is 18.3 Å². The molecule has 1 unspecified atom stereocenters. The summed E-state index contributed by atoms with van der Waals surface area (Å²) in [4.78, 5) is 20.8. The molecule has 1 aromatic rings. The third kappa shape index (κ3) is 3.83. The SMILES string of the molecule is CC(O)C(=O)N1[C@H](C)CN(c2ccc(C(C)(C)C)cn2)C[C@@H]1C. The molecule has 0 aromatic carbocycles. The van der Waals surface area contributed by atoms with Gasteiger partial charge in [0.1, 0.15) is 11.9 Å². The van der Waals surface area contributed by atoms with Crippen molar-refractivity contribution in [2.75, 3.05) is 18.0 Å². The van der Waals surface area contributed by atoms with Crippen LogP contribution in [0.4, 0.5) is 5.82 Å². The van der Waals surface area contributed by atoms with Crippen molar-refractivity contribution in [3.05, 3.63) is 23.9 Å². The van der Waals surface area contributed by atoms with E-state index >= 15 is 0 Å². The fraction of sp³-hybridized carbons (Fsp3) is 0.667. The van der Waals surface area contributed by atoms with Crippen LogP contribution in [0.3, 0.4) is 0 Å². The second kappa shape index (κ2) is 6.48. The van der Waals surface area contributed by atoms with E-state index in [9.17, 15) is 9.90 Å². The van der Waals surface area contributed by atoms with E-state index in [1.807, 2.05) is 20.0 Å². The Labute approximate surface area is 139 Å². The fourth-order valence-corrected chi connectivity index (χ4v) is 3.18. The Morgan fingerprint density at radius 2 is 1.83 bits per heavy atom. The number of carbonyl (C=O) groups is 1. The normalized spacial score (nSPS) is 23.8. The van der Waals surface area contributed by atoms with Gasteiger partial charge in [-0.05, 0) is 37.8 Å². The maximum Gasteiger partial charge on any atom is 0.251 e. The molecule has 5 heteroatoms. The van der Waals surface area contributed by atoms with Gasteiger partial charge in [-0.2, -0.15) is 0 Å². The number of rotatable bonds is 2. The molecule has 3 atom stereocenters. The molecule has 0 spiro atoms. The number of pyridine rings is 1. The highest BCUT2D eigenvalue weighted by Crippen LogP contribution is 2.25. The minimum atomic E-state index is -0.948. The number of aliphatic hydroxyl groups is 1. The molecule has 1 aliphatic heterocycles. The number of hydrogen-bond donors (Lipinski definition) is 1. The summed E-state index contributed by atoms with van der Waals surface area (Å²) in [7, 11) is 0. The van der Waals surface area contributed by atoms with Gasteiger partial charge in [-0.3, -0.25) is 4.79 Å². The average Bonchev–Trinajstić information content (AvgIpc) is 2.45. The maximum absolute atomic E-state index is 12.2. The maximum atomic E-state index is 12.2. The van der Waals surface area contributed by atoms with Crippen molar-refractivity contribution >= 4 is 11.7 Å². The molecule has 1 saturated heterocycles. The molecule has 0 bridgehead atoms. The lowest BCUT2D eigenvalue weighted by atomic mass is 9.88. The van der Waals surface area contributed by atoms with Crippen molar-refractivity contribution < 1.29 is 9.90 Å². The number of anilines is 1. The zero-order chi connectivity index (χ0) is 17.4. The lowest BCUT2D eigenvalue weighted by molar-refractivity contribution is -0.144. The van der Waals surface area contributed by atoms with Crippen LogP contribution in [0.2, 0.25) is 0 Å². The van der Waals surface area contributed by atoms with E-state index in [1.54, 1.807) is 4.90 Å². The first-order chi connectivity index (χ1) is 10.6. The minimum absolute atomic E-state index is 0.0462. The number of hydrogen-bond acceptors (Lipinski definition) is 4. The molecule has 0 radical (unpaired) electrons. The van der Waals surface area contributed by atoms with Crippen molar-refractivity contribution in [3.8, 4) is 0 Å². The van der Waals surface area contributed by atoms with Gasteiger partial charge < -0.3 is 14.9 Å². The monoisotopic (exact) mass is 319 g/mol. The molecule has 23 heavy (non-hydrogen) atoms. The molecule has 2 heterocycles. The molecule has 0 aliphatic carbocycles. The van der Waals surface area contributed by atoms with Gasteiger partial charge >= 0.3 is 0 Å². The topological polar surface area (TPSA) is 56.7 Å². The Morgan fingerprint density at radius 3 is 2.22 bits per heavy atom. The molecule has 1 amide bonds. The third-order valence-electron chi connectivity index (χ3n) is 4.47. The van der Waals surface area contributed by atoms with Crippen molar-refractivity contribution in [3.63, 3.8) is 0 Å². The lowest BCUT2D eigenvalue weighted by Crippen LogP contribution is -2.60. The minimum Gasteiger partial charge on any atom is -0.384 e. The smallest absolute Gasteiger partial charge is 0.251 e. The molecule has 2 rings (SSSR count). The van der Waals surface area contributed by atoms with Crippen molar-refractivity contribution in [1.82, 2.24) is 9.88 Å². The van der Waals surface area contributed by atoms with E-state index in [1.165, 1.54) is 12.5 Å². The van der Waals surface area contributed by atoms with E-state index in [4.69, 9.17) is 0 Å². The summed E-state index contributed by atoms with van der Waals surface area (Å²) in [5.74, 6) is 0.751. The Balaban J connectivity index is 2.14. The van der Waals surface area contributed by atoms with Crippen LogP contribution in [-0.4, -0.2) is 52.2 Å². The number of nitrogens with zero attached hydrogens (tertiary/aromatic N) is 3. The van der Waals surface area contributed by atoms with Crippen LogP contribution in [0.5, 0.6) is 0 Å². The lowest BCUT2D eigenvalue weighted by Gasteiger charge is -2.45. The van der Waals surface area contributed by atoms with Crippen LogP contribution in [0, 0.1) is 0 Å². The summed E-state index contributed by atoms with van der Waals surface area (Å²) >= 11 is 0. The predicted molar refractivity (Wildman–Crippen MR) is 92.6 cm³/mol. The van der Waals surface area contributed by atoms with Crippen LogP contribution >= 0.6 is 0 Å². The molecule has 0 saturated carbocycles. The van der Waals surface area contributed by atoms with Crippen molar-refractivity contribution in [2.24, 2.45) is 0 Å². The van der Waals surface area contributed by atoms with Crippen LogP contribution < -0.4 is 4.90 Å². The number of aromatic nitrogens is 1. The van der Waals surface area contributed by atoms with E-state index in [2.05, 4.69) is 42.8 Å². The van der Waals surface area contributed by atoms with Gasteiger partial charge in [0.2, 0.25) is 0 Å². The third-order valence-corrected chi connectivity index (χ3v) is 4.47. The summed E-state index contributed by atoms with van der Waals surface area (Å²) < 4.78 is 0. The zero-order valence-electron chi connectivity index (χ0n) is 15.1. The van der Waals surface area contributed by atoms with Crippen LogP contribution in [0.25, 0.3) is 0 Å². The highest BCUT2D eigenvalue weighted by atomic mass is 16.3. The summed E-state index contributed by atoms with van der Waals surface area (Å²) in [5.41, 5.74) is 1.30. The molecule has 1 fully saturated rings. The van der Waals surface area contributed by atoms with Gasteiger partial charge in [0.15, 0.2) is 0 Å². The Bertz CT molecular complexity index is 536. The average molecular weight is 319 g/mol. The molecule has 5 nitrogen and oxygen atoms in total. The molecular weight excluding hydrogens is 290 g/mol. The van der Waals surface area contributed by atoms with E-state index in [0.29, 0.717) is 0 Å². The number of piperazine rings is 1.